The Balaban J connectivity index is 1.71. The van der Waals surface area contributed by atoms with E-state index in [1.54, 1.807) is 4.90 Å². The van der Waals surface area contributed by atoms with Crippen LogP contribution in [-0.4, -0.2) is 5.91 Å². The third-order valence-corrected chi connectivity index (χ3v) is 5.29. The summed E-state index contributed by atoms with van der Waals surface area (Å²) in [7, 11) is 0. The molecule has 0 bridgehead atoms. The fourth-order valence-electron chi connectivity index (χ4n) is 3.86. The van der Waals surface area contributed by atoms with Crippen LogP contribution in [0.1, 0.15) is 36.4 Å². The van der Waals surface area contributed by atoms with Crippen molar-refractivity contribution in [2.75, 3.05) is 4.90 Å². The number of hydrogen-bond donors (Lipinski definition) is 0. The van der Waals surface area contributed by atoms with Crippen molar-refractivity contribution in [2.45, 2.75) is 25.3 Å². The fourth-order valence-corrected chi connectivity index (χ4v) is 3.86. The molecule has 146 valence electrons. The second-order valence-electron chi connectivity index (χ2n) is 7.37. The van der Waals surface area contributed by atoms with Gasteiger partial charge in [0.05, 0.1) is 6.04 Å². The molecule has 29 heavy (non-hydrogen) atoms. The van der Waals surface area contributed by atoms with E-state index in [1.807, 2.05) is 66.7 Å². The number of carbonyl (C=O) groups excluding carboxylic acids is 1. The lowest BCUT2D eigenvalue weighted by Gasteiger charge is -2.25. The number of hydrogen-bond acceptors (Lipinski definition) is 1. The van der Waals surface area contributed by atoms with E-state index in [1.165, 1.54) is 12.1 Å². The molecular weight excluding hydrogens is 368 g/mol. The second kappa shape index (κ2) is 8.00. The number of amides is 1. The predicted octanol–water partition coefficient (Wildman–Crippen LogP) is 6.17. The third kappa shape index (κ3) is 3.97. The van der Waals surface area contributed by atoms with Crippen LogP contribution >= 0.6 is 0 Å². The summed E-state index contributed by atoms with van der Waals surface area (Å²) in [6, 6.07) is 22.1. The Bertz CT molecular complexity index is 1030. The predicted molar refractivity (Wildman–Crippen MR) is 111 cm³/mol. The Labute approximate surface area is 169 Å². The van der Waals surface area contributed by atoms with Crippen molar-refractivity contribution in [2.24, 2.45) is 0 Å². The van der Waals surface area contributed by atoms with Gasteiger partial charge in [0.25, 0.3) is 5.91 Å². The van der Waals surface area contributed by atoms with E-state index in [0.29, 0.717) is 23.2 Å². The molecule has 4 rings (SSSR count). The molecule has 3 aromatic carbocycles. The van der Waals surface area contributed by atoms with Crippen LogP contribution in [0.2, 0.25) is 0 Å². The molecule has 0 unspecified atom stereocenters. The first-order valence-corrected chi connectivity index (χ1v) is 9.63. The maximum Gasteiger partial charge on any atom is 0.254 e. The molecule has 3 aromatic rings. The van der Waals surface area contributed by atoms with E-state index in [2.05, 4.69) is 6.92 Å². The number of carbonyl (C=O) groups is 1. The van der Waals surface area contributed by atoms with Crippen LogP contribution in [0, 0.1) is 11.6 Å². The summed E-state index contributed by atoms with van der Waals surface area (Å²) >= 11 is 0. The Morgan fingerprint density at radius 3 is 2.10 bits per heavy atom. The summed E-state index contributed by atoms with van der Waals surface area (Å²) in [6.07, 6.45) is 2.39. The molecule has 2 nitrogen and oxygen atoms in total. The van der Waals surface area contributed by atoms with Crippen molar-refractivity contribution in [3.05, 3.63) is 113 Å². The highest BCUT2D eigenvalue weighted by atomic mass is 19.1. The van der Waals surface area contributed by atoms with Crippen molar-refractivity contribution in [3.8, 4) is 0 Å². The monoisotopic (exact) mass is 389 g/mol. The van der Waals surface area contributed by atoms with Gasteiger partial charge in [-0.05, 0) is 53.8 Å². The molecule has 0 saturated heterocycles. The van der Waals surface area contributed by atoms with Gasteiger partial charge in [-0.1, -0.05) is 55.5 Å². The number of para-hydroxylation sites is 1. The van der Waals surface area contributed by atoms with Crippen LogP contribution in [0.25, 0.3) is 0 Å². The van der Waals surface area contributed by atoms with Gasteiger partial charge in [-0.2, -0.15) is 0 Å². The molecule has 0 spiro atoms. The molecule has 0 aliphatic carbocycles. The first kappa shape index (κ1) is 19.1. The summed E-state index contributed by atoms with van der Waals surface area (Å²) in [5.74, 6) is -1.29. The summed E-state index contributed by atoms with van der Waals surface area (Å²) in [6.45, 7) is 2.07. The maximum absolute atomic E-state index is 13.9. The lowest BCUT2D eigenvalue weighted by Crippen LogP contribution is -2.29. The quantitative estimate of drug-likeness (QED) is 0.511. The largest absolute Gasteiger partial charge is 0.298 e. The van der Waals surface area contributed by atoms with Crippen LogP contribution in [0.5, 0.6) is 0 Å². The minimum Gasteiger partial charge on any atom is -0.298 e. The summed E-state index contributed by atoms with van der Waals surface area (Å²) in [4.78, 5) is 14.9. The molecule has 0 aromatic heterocycles. The van der Waals surface area contributed by atoms with Gasteiger partial charge in [0, 0.05) is 17.3 Å². The van der Waals surface area contributed by atoms with Crippen molar-refractivity contribution in [1.29, 1.82) is 0 Å². The molecule has 0 fully saturated rings. The Kier molecular flexibility index (Phi) is 5.26. The van der Waals surface area contributed by atoms with Gasteiger partial charge < -0.3 is 0 Å². The molecule has 4 heteroatoms. The highest BCUT2D eigenvalue weighted by Gasteiger charge is 2.35. The van der Waals surface area contributed by atoms with Gasteiger partial charge in [-0.25, -0.2) is 8.78 Å². The zero-order valence-corrected chi connectivity index (χ0v) is 16.1. The molecule has 1 aliphatic rings. The Hall–Kier alpha value is -3.27. The minimum absolute atomic E-state index is 0.131. The molecule has 1 heterocycles. The zero-order chi connectivity index (χ0) is 20.4. The van der Waals surface area contributed by atoms with E-state index in [-0.39, 0.29) is 11.8 Å². The third-order valence-electron chi connectivity index (χ3n) is 5.29. The number of anilines is 1. The van der Waals surface area contributed by atoms with E-state index in [0.717, 1.165) is 11.6 Å². The average molecular weight is 389 g/mol. The average Bonchev–Trinajstić information content (AvgIpc) is 3.05. The highest BCUT2D eigenvalue weighted by molar-refractivity contribution is 6.09. The SMILES string of the molecule is C[C@@H](CC1=C[C@H](c2cc(F)cc(F)c2)N(c2ccccc2)C1=O)c1ccccc1. The normalized spacial score (nSPS) is 17.3. The van der Waals surface area contributed by atoms with Crippen molar-refractivity contribution < 1.29 is 13.6 Å². The smallest absolute Gasteiger partial charge is 0.254 e. The first-order chi connectivity index (χ1) is 14.0. The molecule has 1 aliphatic heterocycles. The van der Waals surface area contributed by atoms with Gasteiger partial charge in [0.15, 0.2) is 0 Å². The van der Waals surface area contributed by atoms with Crippen LogP contribution < -0.4 is 4.90 Å². The molecular formula is C25H21F2NO. The Morgan fingerprint density at radius 1 is 0.897 bits per heavy atom. The van der Waals surface area contributed by atoms with E-state index >= 15 is 0 Å². The second-order valence-corrected chi connectivity index (χ2v) is 7.37. The number of halogens is 2. The van der Waals surface area contributed by atoms with Crippen molar-refractivity contribution in [1.82, 2.24) is 0 Å². The molecule has 2 atom stereocenters. The Morgan fingerprint density at radius 2 is 1.48 bits per heavy atom. The highest BCUT2D eigenvalue weighted by Crippen LogP contribution is 2.39. The van der Waals surface area contributed by atoms with Crippen LogP contribution in [-0.2, 0) is 4.79 Å². The lowest BCUT2D eigenvalue weighted by atomic mass is 9.93. The maximum atomic E-state index is 13.9. The molecule has 0 N–H and O–H groups in total. The number of benzene rings is 3. The zero-order valence-electron chi connectivity index (χ0n) is 16.1. The number of nitrogens with zero attached hydrogens (tertiary/aromatic N) is 1. The summed E-state index contributed by atoms with van der Waals surface area (Å²) < 4.78 is 27.7. The van der Waals surface area contributed by atoms with Crippen molar-refractivity contribution in [3.63, 3.8) is 0 Å². The van der Waals surface area contributed by atoms with Gasteiger partial charge in [-0.3, -0.25) is 9.69 Å². The molecule has 1 amide bonds. The van der Waals surface area contributed by atoms with Gasteiger partial charge >= 0.3 is 0 Å². The van der Waals surface area contributed by atoms with E-state index in [9.17, 15) is 13.6 Å². The van der Waals surface area contributed by atoms with Gasteiger partial charge in [0.1, 0.15) is 11.6 Å². The van der Waals surface area contributed by atoms with Crippen LogP contribution in [0.4, 0.5) is 14.5 Å². The molecule has 0 radical (unpaired) electrons. The lowest BCUT2D eigenvalue weighted by molar-refractivity contribution is -0.115. The standard InChI is InChI=1S/C25H21F2NO/c1-17(18-8-4-2-5-9-18)12-20-15-24(19-13-21(26)16-22(27)14-19)28(25(20)29)23-10-6-3-7-11-23/h2-11,13-17,24H,12H2,1H3/t17-,24+/m0/s1. The van der Waals surface area contributed by atoms with Gasteiger partial charge in [-0.15, -0.1) is 0 Å². The van der Waals surface area contributed by atoms with Crippen LogP contribution in [0.15, 0.2) is 90.5 Å². The molecule has 0 saturated carbocycles. The number of rotatable bonds is 5. The fraction of sp³-hybridized carbons (Fsp3) is 0.160. The van der Waals surface area contributed by atoms with E-state index in [4.69, 9.17) is 0 Å². The van der Waals surface area contributed by atoms with E-state index < -0.39 is 17.7 Å². The van der Waals surface area contributed by atoms with Crippen LogP contribution in [0.3, 0.4) is 0 Å². The summed E-state index contributed by atoms with van der Waals surface area (Å²) in [5, 5.41) is 0. The minimum atomic E-state index is -0.653. The summed E-state index contributed by atoms with van der Waals surface area (Å²) in [5.41, 5.74) is 2.92. The topological polar surface area (TPSA) is 20.3 Å². The first-order valence-electron chi connectivity index (χ1n) is 9.63. The van der Waals surface area contributed by atoms with Crippen molar-refractivity contribution >= 4 is 11.6 Å². The van der Waals surface area contributed by atoms with Gasteiger partial charge in [0.2, 0.25) is 0 Å².